The Morgan fingerprint density at radius 2 is 1.38 bits per heavy atom. The molecule has 14 heteroatoms. The number of aliphatic hydroxyl groups is 1. The van der Waals surface area contributed by atoms with E-state index < -0.39 is 18.2 Å². The molecule has 3 N–H and O–H groups in total. The Hall–Kier alpha value is -4.32. The largest absolute Gasteiger partial charge is 0.491 e. The van der Waals surface area contributed by atoms with Crippen LogP contribution in [0.25, 0.3) is 0 Å². The van der Waals surface area contributed by atoms with Crippen LogP contribution in [-0.2, 0) is 0 Å². The number of hydrazine groups is 1. The molecule has 0 amide bonds. The number of hydrazone groups is 1. The SMILES string of the molecule is CSC1=NNC(C)=C(O)N1N/C(=N\n1c(SC)nnc(C)c1=O)[N+](C(C)(C)C)=P(c1ccccc1)(c1ccccc1)c1ccccc1. The van der Waals surface area contributed by atoms with Gasteiger partial charge in [-0.3, -0.25) is 10.2 Å². The Morgan fingerprint density at radius 1 is 0.872 bits per heavy atom. The molecule has 1 aliphatic heterocycles. The van der Waals surface area contributed by atoms with E-state index in [1.807, 2.05) is 67.1 Å². The molecule has 244 valence electrons. The molecule has 0 unspecified atom stereocenters. The van der Waals surface area contributed by atoms with Crippen molar-refractivity contribution in [2.45, 2.75) is 45.3 Å². The number of hydrogen-bond acceptors (Lipinski definition) is 10. The number of aromatic nitrogens is 3. The van der Waals surface area contributed by atoms with E-state index in [1.54, 1.807) is 13.8 Å². The third-order valence-corrected chi connectivity index (χ3v) is 13.1. The van der Waals surface area contributed by atoms with Gasteiger partial charge in [0.25, 0.3) is 0 Å². The number of aryl methyl sites for hydroxylation is 1. The van der Waals surface area contributed by atoms with Crippen LogP contribution in [0.2, 0.25) is 0 Å². The quantitative estimate of drug-likeness (QED) is 0.116. The van der Waals surface area contributed by atoms with Gasteiger partial charge in [-0.15, -0.1) is 25.0 Å². The first-order chi connectivity index (χ1) is 22.5. The Bertz CT molecular complexity index is 1850. The van der Waals surface area contributed by atoms with Crippen molar-refractivity contribution in [1.29, 1.82) is 0 Å². The first-order valence-electron chi connectivity index (χ1n) is 14.8. The minimum absolute atomic E-state index is 0.0875. The fraction of sp³-hybridized carbons (Fsp3) is 0.242. The van der Waals surface area contributed by atoms with Gasteiger partial charge >= 0.3 is 11.5 Å². The number of amidine groups is 1. The van der Waals surface area contributed by atoms with E-state index in [9.17, 15) is 9.90 Å². The van der Waals surface area contributed by atoms with Gasteiger partial charge in [-0.05, 0) is 47.1 Å². The van der Waals surface area contributed by atoms with Gasteiger partial charge in [0.15, 0.2) is 0 Å². The number of nitrogens with one attached hydrogen (secondary N) is 2. The summed E-state index contributed by atoms with van der Waals surface area (Å²) in [6, 6.07) is 31.1. The molecule has 0 radical (unpaired) electrons. The van der Waals surface area contributed by atoms with Gasteiger partial charge in [-0.2, -0.15) is 5.43 Å². The highest BCUT2D eigenvalue weighted by atomic mass is 32.2. The number of nitrogens with zero attached hydrogens (tertiary/aromatic N) is 7. The van der Waals surface area contributed by atoms with Crippen molar-refractivity contribution in [3.8, 4) is 0 Å². The van der Waals surface area contributed by atoms with E-state index in [0.717, 1.165) is 15.9 Å². The second-order valence-electron chi connectivity index (χ2n) is 11.5. The second kappa shape index (κ2) is 14.2. The third kappa shape index (κ3) is 6.60. The molecule has 5 rings (SSSR count). The van der Waals surface area contributed by atoms with Gasteiger partial charge < -0.3 is 5.11 Å². The van der Waals surface area contributed by atoms with Crippen LogP contribution in [0.1, 0.15) is 33.4 Å². The molecule has 0 saturated heterocycles. The zero-order valence-corrected chi connectivity index (χ0v) is 29.9. The molecule has 0 fully saturated rings. The van der Waals surface area contributed by atoms with E-state index in [2.05, 4.69) is 87.6 Å². The molecule has 0 bridgehead atoms. The van der Waals surface area contributed by atoms with E-state index in [-0.39, 0.29) is 17.5 Å². The Morgan fingerprint density at radius 3 is 1.83 bits per heavy atom. The highest BCUT2D eigenvalue weighted by molar-refractivity contribution is 8.13. The fourth-order valence-electron chi connectivity index (χ4n) is 5.33. The van der Waals surface area contributed by atoms with Crippen LogP contribution >= 0.6 is 30.6 Å². The van der Waals surface area contributed by atoms with E-state index in [0.29, 0.717) is 16.0 Å². The number of aliphatic hydroxyl groups excluding tert-OH is 1. The summed E-state index contributed by atoms with van der Waals surface area (Å²) in [5.41, 5.74) is 5.90. The van der Waals surface area contributed by atoms with Gasteiger partial charge in [-0.25, -0.2) is 4.33 Å². The van der Waals surface area contributed by atoms with Crippen molar-refractivity contribution in [3.63, 3.8) is 0 Å². The summed E-state index contributed by atoms with van der Waals surface area (Å²) in [4.78, 5) is 13.7. The first kappa shape index (κ1) is 34.0. The van der Waals surface area contributed by atoms with Crippen LogP contribution in [-0.4, -0.2) is 58.5 Å². The molecule has 0 atom stereocenters. The van der Waals surface area contributed by atoms with Crippen LogP contribution in [0.5, 0.6) is 0 Å². The molecule has 1 aliphatic rings. The highest BCUT2D eigenvalue weighted by Gasteiger charge is 2.43. The summed E-state index contributed by atoms with van der Waals surface area (Å²) < 4.78 is 3.53. The molecular formula is C33H39N9O2PS2+. The average molecular weight is 689 g/mol. The van der Waals surface area contributed by atoms with Crippen molar-refractivity contribution in [2.75, 3.05) is 12.5 Å². The zero-order valence-electron chi connectivity index (χ0n) is 27.4. The van der Waals surface area contributed by atoms with Crippen molar-refractivity contribution in [2.24, 2.45) is 10.2 Å². The maximum Gasteiger partial charge on any atom is 0.434 e. The predicted octanol–water partition coefficient (Wildman–Crippen LogP) is 4.57. The third-order valence-electron chi connectivity index (χ3n) is 7.32. The summed E-state index contributed by atoms with van der Waals surface area (Å²) in [5, 5.41) is 34.8. The lowest BCUT2D eigenvalue weighted by atomic mass is 10.1. The summed E-state index contributed by atoms with van der Waals surface area (Å²) in [6.45, 7) is 9.69. The van der Waals surface area contributed by atoms with E-state index in [1.165, 1.54) is 33.2 Å². The minimum atomic E-state index is -2.86. The van der Waals surface area contributed by atoms with Gasteiger partial charge in [0, 0.05) is 21.0 Å². The van der Waals surface area contributed by atoms with Crippen molar-refractivity contribution in [1.82, 2.24) is 30.7 Å². The second-order valence-corrected chi connectivity index (χ2v) is 16.3. The lowest BCUT2D eigenvalue weighted by Gasteiger charge is -2.37. The topological polar surface area (TPSA) is 123 Å². The van der Waals surface area contributed by atoms with Crippen LogP contribution in [0, 0.1) is 6.92 Å². The standard InChI is InChI=1S/C33H38N9O2PS2/c1-23-28(43)40(31(46-6)36-34-23)38-30(39-41-29(44)24(2)35-37-32(41)47-7)42(33(3,4)5)45(25-17-11-8-12-18-25,26-19-13-9-14-20-26)27-21-15-10-16-22-27/h8-22H,1-7H3,(H2-,34,35,38,39,43,44)/p+1. The Kier molecular flexibility index (Phi) is 10.3. The van der Waals surface area contributed by atoms with Crippen LogP contribution in [0.4, 0.5) is 0 Å². The summed E-state index contributed by atoms with van der Waals surface area (Å²) >= 11 is 2.60. The van der Waals surface area contributed by atoms with Crippen molar-refractivity contribution in [3.05, 3.63) is 119 Å². The minimum Gasteiger partial charge on any atom is -0.491 e. The Labute approximate surface area is 283 Å². The highest BCUT2D eigenvalue weighted by Crippen LogP contribution is 2.48. The maximum atomic E-state index is 13.7. The summed E-state index contributed by atoms with van der Waals surface area (Å²) in [7, 11) is -2.86. The molecular weight excluding hydrogens is 650 g/mol. The monoisotopic (exact) mass is 688 g/mol. The normalized spacial score (nSPS) is 14.1. The van der Waals surface area contributed by atoms with E-state index >= 15 is 0 Å². The molecule has 4 aromatic rings. The number of hydrogen-bond donors (Lipinski definition) is 3. The predicted molar refractivity (Wildman–Crippen MR) is 195 cm³/mol. The van der Waals surface area contributed by atoms with Crippen LogP contribution in [0.15, 0.2) is 123 Å². The van der Waals surface area contributed by atoms with Gasteiger partial charge in [0.05, 0.1) is 18.3 Å². The first-order valence-corrected chi connectivity index (χ1v) is 19.0. The van der Waals surface area contributed by atoms with Gasteiger partial charge in [0.2, 0.25) is 16.2 Å². The average Bonchev–Trinajstić information content (AvgIpc) is 3.08. The molecule has 0 saturated carbocycles. The van der Waals surface area contributed by atoms with Crippen molar-refractivity contribution < 1.29 is 9.43 Å². The number of guanidine groups is 1. The number of benzene rings is 3. The molecule has 1 aromatic heterocycles. The smallest absolute Gasteiger partial charge is 0.434 e. The Balaban J connectivity index is 2.07. The van der Waals surface area contributed by atoms with Crippen LogP contribution in [0.3, 0.4) is 0 Å². The van der Waals surface area contributed by atoms with Gasteiger partial charge in [0.1, 0.15) is 5.69 Å². The van der Waals surface area contributed by atoms with E-state index in [4.69, 9.17) is 5.10 Å². The maximum absolute atomic E-state index is 13.7. The zero-order chi connectivity index (χ0) is 33.8. The van der Waals surface area contributed by atoms with Crippen LogP contribution < -0.4 is 32.3 Å². The van der Waals surface area contributed by atoms with Crippen molar-refractivity contribution >= 4 is 57.6 Å². The summed E-state index contributed by atoms with van der Waals surface area (Å²) in [5.74, 6) is 0.200. The fourth-order valence-corrected chi connectivity index (χ4v) is 10.9. The lowest BCUT2D eigenvalue weighted by Crippen LogP contribution is -2.56. The molecule has 47 heavy (non-hydrogen) atoms. The molecule has 2 heterocycles. The van der Waals surface area contributed by atoms with Gasteiger partial charge in [-0.1, -0.05) is 115 Å². The number of allylic oxidation sites excluding steroid dienone is 1. The molecule has 3 aromatic carbocycles. The molecule has 0 spiro atoms. The number of thioether (sulfide) groups is 2. The molecule has 0 aliphatic carbocycles. The lowest BCUT2D eigenvalue weighted by molar-refractivity contribution is -0.476. The number of rotatable bonds is 6. The summed E-state index contributed by atoms with van der Waals surface area (Å²) in [6.07, 6.45) is 3.69. The molecule has 11 nitrogen and oxygen atoms in total.